The van der Waals surface area contributed by atoms with Gasteiger partial charge in [0.05, 0.1) is 5.69 Å². The first kappa shape index (κ1) is 14.0. The molecule has 1 aromatic heterocycles. The van der Waals surface area contributed by atoms with Crippen molar-refractivity contribution in [2.45, 2.75) is 38.9 Å². The van der Waals surface area contributed by atoms with E-state index in [4.69, 9.17) is 0 Å². The summed E-state index contributed by atoms with van der Waals surface area (Å²) < 4.78 is 0. The molecule has 20 heavy (non-hydrogen) atoms. The number of pyridine rings is 1. The van der Waals surface area contributed by atoms with Crippen LogP contribution in [0.2, 0.25) is 0 Å². The highest BCUT2D eigenvalue weighted by Crippen LogP contribution is 2.19. The summed E-state index contributed by atoms with van der Waals surface area (Å²) in [7, 11) is 0. The van der Waals surface area contributed by atoms with Crippen LogP contribution in [0.15, 0.2) is 18.3 Å². The number of hydrogen-bond donors (Lipinski definition) is 1. The Kier molecular flexibility index (Phi) is 4.65. The van der Waals surface area contributed by atoms with Crippen molar-refractivity contribution in [3.8, 4) is 0 Å². The molecule has 2 aliphatic rings. The van der Waals surface area contributed by atoms with E-state index in [1.54, 1.807) is 0 Å². The van der Waals surface area contributed by atoms with Crippen LogP contribution < -0.4 is 5.32 Å². The Morgan fingerprint density at radius 2 is 1.90 bits per heavy atom. The van der Waals surface area contributed by atoms with Crippen LogP contribution in [-0.4, -0.2) is 53.5 Å². The summed E-state index contributed by atoms with van der Waals surface area (Å²) in [5.74, 6) is 0. The van der Waals surface area contributed by atoms with E-state index >= 15 is 0 Å². The van der Waals surface area contributed by atoms with Crippen LogP contribution >= 0.6 is 0 Å². The lowest BCUT2D eigenvalue weighted by molar-refractivity contribution is 0.131. The third-order valence-electron chi connectivity index (χ3n) is 4.36. The van der Waals surface area contributed by atoms with Gasteiger partial charge in [0.15, 0.2) is 0 Å². The van der Waals surface area contributed by atoms with Crippen molar-refractivity contribution in [1.82, 2.24) is 20.1 Å². The predicted molar refractivity (Wildman–Crippen MR) is 81.5 cm³/mol. The lowest BCUT2D eigenvalue weighted by Crippen LogP contribution is -2.45. The summed E-state index contributed by atoms with van der Waals surface area (Å²) in [5.41, 5.74) is 2.50. The van der Waals surface area contributed by atoms with Crippen LogP contribution in [0, 0.1) is 0 Å². The maximum atomic E-state index is 4.62. The number of likely N-dealkylation sites (N-methyl/N-ethyl adjacent to an activating group) is 1. The Morgan fingerprint density at radius 1 is 1.15 bits per heavy atom. The molecule has 1 aliphatic carbocycles. The SMILES string of the molecule is CCN1CCN(Cc2ccc(CNC3CC3)cn2)CC1. The molecular weight excluding hydrogens is 248 g/mol. The van der Waals surface area contributed by atoms with E-state index in [9.17, 15) is 0 Å². The fourth-order valence-electron chi connectivity index (χ4n) is 2.70. The molecule has 0 bridgehead atoms. The smallest absolute Gasteiger partial charge is 0.0544 e. The zero-order chi connectivity index (χ0) is 13.8. The fraction of sp³-hybridized carbons (Fsp3) is 0.688. The summed E-state index contributed by atoms with van der Waals surface area (Å²) >= 11 is 0. The summed E-state index contributed by atoms with van der Waals surface area (Å²) in [4.78, 5) is 9.64. The summed E-state index contributed by atoms with van der Waals surface area (Å²) in [6.07, 6.45) is 4.72. The first-order valence-corrected chi connectivity index (χ1v) is 7.95. The number of rotatable bonds is 6. The van der Waals surface area contributed by atoms with Gasteiger partial charge in [0.2, 0.25) is 0 Å². The van der Waals surface area contributed by atoms with Crippen molar-refractivity contribution in [3.63, 3.8) is 0 Å². The van der Waals surface area contributed by atoms with Crippen molar-refractivity contribution >= 4 is 0 Å². The van der Waals surface area contributed by atoms with Gasteiger partial charge < -0.3 is 10.2 Å². The quantitative estimate of drug-likeness (QED) is 0.851. The molecule has 3 rings (SSSR count). The summed E-state index contributed by atoms with van der Waals surface area (Å²) in [6.45, 7) is 10.1. The second kappa shape index (κ2) is 6.66. The highest BCUT2D eigenvalue weighted by Gasteiger charge is 2.20. The zero-order valence-electron chi connectivity index (χ0n) is 12.5. The Morgan fingerprint density at radius 3 is 2.50 bits per heavy atom. The molecule has 0 radical (unpaired) electrons. The largest absolute Gasteiger partial charge is 0.310 e. The molecule has 4 heteroatoms. The Hall–Kier alpha value is -0.970. The van der Waals surface area contributed by atoms with Gasteiger partial charge in [0.25, 0.3) is 0 Å². The van der Waals surface area contributed by atoms with Gasteiger partial charge in [-0.25, -0.2) is 0 Å². The topological polar surface area (TPSA) is 31.4 Å². The summed E-state index contributed by atoms with van der Waals surface area (Å²) in [6, 6.07) is 5.18. The maximum absolute atomic E-state index is 4.62. The minimum atomic E-state index is 0.768. The molecule has 0 amide bonds. The van der Waals surface area contributed by atoms with Crippen molar-refractivity contribution in [2.24, 2.45) is 0 Å². The second-order valence-electron chi connectivity index (χ2n) is 6.02. The van der Waals surface area contributed by atoms with E-state index in [1.807, 2.05) is 6.20 Å². The molecule has 0 aromatic carbocycles. The van der Waals surface area contributed by atoms with Gasteiger partial charge in [-0.05, 0) is 31.0 Å². The highest BCUT2D eigenvalue weighted by atomic mass is 15.3. The minimum absolute atomic E-state index is 0.768. The van der Waals surface area contributed by atoms with Gasteiger partial charge in [0.1, 0.15) is 0 Å². The molecule has 1 N–H and O–H groups in total. The van der Waals surface area contributed by atoms with Crippen LogP contribution in [0.25, 0.3) is 0 Å². The number of nitrogens with zero attached hydrogens (tertiary/aromatic N) is 3. The highest BCUT2D eigenvalue weighted by molar-refractivity contribution is 5.14. The van der Waals surface area contributed by atoms with Gasteiger partial charge in [-0.1, -0.05) is 13.0 Å². The van der Waals surface area contributed by atoms with Crippen LogP contribution in [0.4, 0.5) is 0 Å². The molecular formula is C16H26N4. The van der Waals surface area contributed by atoms with Crippen molar-refractivity contribution in [1.29, 1.82) is 0 Å². The van der Waals surface area contributed by atoms with E-state index in [0.717, 1.165) is 19.1 Å². The second-order valence-corrected chi connectivity index (χ2v) is 6.02. The van der Waals surface area contributed by atoms with Gasteiger partial charge >= 0.3 is 0 Å². The van der Waals surface area contributed by atoms with Gasteiger partial charge in [-0.3, -0.25) is 9.88 Å². The van der Waals surface area contributed by atoms with E-state index in [-0.39, 0.29) is 0 Å². The van der Waals surface area contributed by atoms with Crippen molar-refractivity contribution in [2.75, 3.05) is 32.7 Å². The first-order valence-electron chi connectivity index (χ1n) is 7.95. The average Bonchev–Trinajstić information content (AvgIpc) is 3.32. The molecule has 0 spiro atoms. The van der Waals surface area contributed by atoms with E-state index < -0.39 is 0 Å². The molecule has 1 aliphatic heterocycles. The Balaban J connectivity index is 1.45. The third kappa shape index (κ3) is 4.01. The van der Waals surface area contributed by atoms with Gasteiger partial charge in [-0.2, -0.15) is 0 Å². The van der Waals surface area contributed by atoms with Crippen LogP contribution in [-0.2, 0) is 13.1 Å². The molecule has 0 atom stereocenters. The Bertz CT molecular complexity index is 405. The molecule has 1 saturated heterocycles. The van der Waals surface area contributed by atoms with Crippen molar-refractivity contribution in [3.05, 3.63) is 29.6 Å². The zero-order valence-corrected chi connectivity index (χ0v) is 12.5. The number of nitrogens with one attached hydrogen (secondary N) is 1. The number of piperazine rings is 1. The Labute approximate surface area is 122 Å². The monoisotopic (exact) mass is 274 g/mol. The minimum Gasteiger partial charge on any atom is -0.310 e. The standard InChI is InChI=1S/C16H26N4/c1-2-19-7-9-20(10-8-19)13-16-4-3-14(12-18-16)11-17-15-5-6-15/h3-4,12,15,17H,2,5-11,13H2,1H3. The van der Waals surface area contributed by atoms with E-state index in [2.05, 4.69) is 39.2 Å². The number of aromatic nitrogens is 1. The van der Waals surface area contributed by atoms with Crippen LogP contribution in [0.3, 0.4) is 0 Å². The van der Waals surface area contributed by atoms with Crippen molar-refractivity contribution < 1.29 is 0 Å². The van der Waals surface area contributed by atoms with Crippen LogP contribution in [0.1, 0.15) is 31.0 Å². The molecule has 0 unspecified atom stereocenters. The predicted octanol–water partition coefficient (Wildman–Crippen LogP) is 1.47. The lowest BCUT2D eigenvalue weighted by atomic mass is 10.2. The molecule has 1 aromatic rings. The number of hydrogen-bond acceptors (Lipinski definition) is 4. The fourth-order valence-corrected chi connectivity index (χ4v) is 2.70. The molecule has 4 nitrogen and oxygen atoms in total. The van der Waals surface area contributed by atoms with Gasteiger partial charge in [-0.15, -0.1) is 0 Å². The van der Waals surface area contributed by atoms with E-state index in [1.165, 1.54) is 56.8 Å². The maximum Gasteiger partial charge on any atom is 0.0544 e. The lowest BCUT2D eigenvalue weighted by Gasteiger charge is -2.33. The molecule has 2 heterocycles. The summed E-state index contributed by atoms with van der Waals surface area (Å²) in [5, 5.41) is 3.53. The molecule has 2 fully saturated rings. The third-order valence-corrected chi connectivity index (χ3v) is 4.36. The average molecular weight is 274 g/mol. The first-order chi connectivity index (χ1) is 9.83. The normalized spacial score (nSPS) is 21.2. The van der Waals surface area contributed by atoms with Gasteiger partial charge in [0, 0.05) is 51.5 Å². The van der Waals surface area contributed by atoms with Crippen LogP contribution in [0.5, 0.6) is 0 Å². The molecule has 1 saturated carbocycles. The van der Waals surface area contributed by atoms with E-state index in [0.29, 0.717) is 0 Å². The molecule has 110 valence electrons.